The second kappa shape index (κ2) is 7.52. The van der Waals surface area contributed by atoms with E-state index in [1.807, 2.05) is 32.2 Å². The molecule has 31 heavy (non-hydrogen) atoms. The highest BCUT2D eigenvalue weighted by Crippen LogP contribution is 2.42. The lowest BCUT2D eigenvalue weighted by molar-refractivity contribution is 0.0981. The number of anilines is 2. The highest BCUT2D eigenvalue weighted by Gasteiger charge is 2.42. The second-order valence-corrected chi connectivity index (χ2v) is 8.96. The van der Waals surface area contributed by atoms with Crippen molar-refractivity contribution in [2.75, 3.05) is 5.32 Å². The minimum absolute atomic E-state index is 0.0653. The van der Waals surface area contributed by atoms with Gasteiger partial charge >= 0.3 is 6.09 Å². The molecule has 2 unspecified atom stereocenters. The zero-order chi connectivity index (χ0) is 21.6. The van der Waals surface area contributed by atoms with E-state index in [1.165, 1.54) is 0 Å². The molecule has 0 radical (unpaired) electrons. The van der Waals surface area contributed by atoms with Crippen molar-refractivity contribution in [3.8, 4) is 0 Å². The average Bonchev–Trinajstić information content (AvgIpc) is 3.14. The van der Waals surface area contributed by atoms with Crippen LogP contribution in [0.5, 0.6) is 0 Å². The summed E-state index contributed by atoms with van der Waals surface area (Å²) in [5.74, 6) is 1.65. The Morgan fingerprint density at radius 1 is 1.35 bits per heavy atom. The summed E-state index contributed by atoms with van der Waals surface area (Å²) in [6.07, 6.45) is 7.59. The molecule has 10 heteroatoms. The van der Waals surface area contributed by atoms with Gasteiger partial charge in [0, 0.05) is 36.1 Å². The SMILES string of the molecule is CC(C)NC(=O)OC1CCC(c2cc(Nc3nccn4nc(C5(N)CC5)cc34)n[nH]2)C1. The smallest absolute Gasteiger partial charge is 0.407 e. The Morgan fingerprint density at radius 2 is 2.19 bits per heavy atom. The van der Waals surface area contributed by atoms with Gasteiger partial charge in [0.25, 0.3) is 0 Å². The molecule has 1 amide bonds. The first kappa shape index (κ1) is 19.8. The van der Waals surface area contributed by atoms with E-state index in [1.54, 1.807) is 10.7 Å². The molecule has 2 saturated carbocycles. The molecule has 0 aromatic carbocycles. The predicted molar refractivity (Wildman–Crippen MR) is 115 cm³/mol. The van der Waals surface area contributed by atoms with Crippen molar-refractivity contribution in [3.63, 3.8) is 0 Å². The lowest BCUT2D eigenvalue weighted by atomic mass is 10.0. The highest BCUT2D eigenvalue weighted by molar-refractivity contribution is 5.72. The summed E-state index contributed by atoms with van der Waals surface area (Å²) < 4.78 is 7.33. The van der Waals surface area contributed by atoms with Gasteiger partial charge in [-0.05, 0) is 52.0 Å². The first-order chi connectivity index (χ1) is 14.9. The van der Waals surface area contributed by atoms with E-state index >= 15 is 0 Å². The Labute approximate surface area is 179 Å². The number of ether oxygens (including phenoxy) is 1. The first-order valence-electron chi connectivity index (χ1n) is 10.8. The highest BCUT2D eigenvalue weighted by atomic mass is 16.6. The topological polar surface area (TPSA) is 135 Å². The van der Waals surface area contributed by atoms with Crippen LogP contribution < -0.4 is 16.4 Å². The molecule has 0 saturated heterocycles. The average molecular weight is 425 g/mol. The van der Waals surface area contributed by atoms with Crippen molar-refractivity contribution in [1.82, 2.24) is 30.1 Å². The number of rotatable bonds is 6. The number of nitrogens with two attached hydrogens (primary N) is 1. The Kier molecular flexibility index (Phi) is 4.81. The molecule has 2 atom stereocenters. The molecule has 3 aromatic heterocycles. The summed E-state index contributed by atoms with van der Waals surface area (Å²) in [4.78, 5) is 16.3. The minimum atomic E-state index is -0.350. The van der Waals surface area contributed by atoms with Gasteiger partial charge in [0.1, 0.15) is 11.6 Å². The molecule has 3 aromatic rings. The molecule has 164 valence electrons. The standard InChI is InChI=1S/C21H28N8O2/c1-12(2)24-20(30)31-14-4-3-13(9-14)15-10-18(27-26-15)25-19-16-11-17(21(22)5-6-21)28-29(16)8-7-23-19/h7-8,10-14H,3-6,9,22H2,1-2H3,(H,24,30)(H2,23,25,26,27). The van der Waals surface area contributed by atoms with Crippen LogP contribution in [-0.4, -0.2) is 43.0 Å². The summed E-state index contributed by atoms with van der Waals surface area (Å²) in [5.41, 5.74) is 8.79. The van der Waals surface area contributed by atoms with E-state index in [-0.39, 0.29) is 29.7 Å². The van der Waals surface area contributed by atoms with Crippen LogP contribution in [0.2, 0.25) is 0 Å². The molecule has 10 nitrogen and oxygen atoms in total. The summed E-state index contributed by atoms with van der Waals surface area (Å²) in [6.45, 7) is 3.83. The van der Waals surface area contributed by atoms with Gasteiger partial charge in [-0.15, -0.1) is 0 Å². The Balaban J connectivity index is 1.26. The molecule has 3 heterocycles. The fourth-order valence-corrected chi connectivity index (χ4v) is 4.13. The van der Waals surface area contributed by atoms with Crippen LogP contribution in [-0.2, 0) is 10.3 Å². The van der Waals surface area contributed by atoms with E-state index in [0.717, 1.165) is 49.0 Å². The number of hydrogen-bond acceptors (Lipinski definition) is 7. The van der Waals surface area contributed by atoms with Crippen molar-refractivity contribution in [1.29, 1.82) is 0 Å². The number of carbonyl (C=O) groups excluding carboxylic acids is 1. The largest absolute Gasteiger partial charge is 0.446 e. The number of nitrogens with zero attached hydrogens (tertiary/aromatic N) is 4. The Morgan fingerprint density at radius 3 is 2.97 bits per heavy atom. The van der Waals surface area contributed by atoms with Gasteiger partial charge in [-0.25, -0.2) is 14.3 Å². The third-order valence-corrected chi connectivity index (χ3v) is 6.04. The lowest BCUT2D eigenvalue weighted by Crippen LogP contribution is -2.33. The fourth-order valence-electron chi connectivity index (χ4n) is 4.13. The number of carbonyl (C=O) groups is 1. The number of aromatic amines is 1. The van der Waals surface area contributed by atoms with Crippen molar-refractivity contribution >= 4 is 23.2 Å². The number of hydrogen-bond donors (Lipinski definition) is 4. The van der Waals surface area contributed by atoms with Crippen molar-refractivity contribution in [2.24, 2.45) is 5.73 Å². The maximum absolute atomic E-state index is 11.8. The number of fused-ring (bicyclic) bond motifs is 1. The summed E-state index contributed by atoms with van der Waals surface area (Å²) in [5, 5.41) is 18.2. The van der Waals surface area contributed by atoms with Crippen LogP contribution in [0.25, 0.3) is 5.52 Å². The zero-order valence-corrected chi connectivity index (χ0v) is 17.8. The number of aromatic nitrogens is 5. The van der Waals surface area contributed by atoms with Crippen LogP contribution in [0.1, 0.15) is 63.3 Å². The van der Waals surface area contributed by atoms with E-state index in [9.17, 15) is 4.79 Å². The second-order valence-electron chi connectivity index (χ2n) is 8.96. The van der Waals surface area contributed by atoms with Gasteiger partial charge in [-0.3, -0.25) is 5.10 Å². The van der Waals surface area contributed by atoms with E-state index in [0.29, 0.717) is 11.6 Å². The van der Waals surface area contributed by atoms with Gasteiger partial charge in [0.05, 0.1) is 11.2 Å². The maximum Gasteiger partial charge on any atom is 0.407 e. The maximum atomic E-state index is 11.8. The molecule has 5 rings (SSSR count). The van der Waals surface area contributed by atoms with Crippen molar-refractivity contribution < 1.29 is 9.53 Å². The van der Waals surface area contributed by atoms with Gasteiger partial charge < -0.3 is 21.1 Å². The Hall–Kier alpha value is -3.14. The van der Waals surface area contributed by atoms with Crippen LogP contribution in [0.3, 0.4) is 0 Å². The number of nitrogens with one attached hydrogen (secondary N) is 3. The van der Waals surface area contributed by atoms with Gasteiger partial charge in [0.2, 0.25) is 0 Å². The lowest BCUT2D eigenvalue weighted by Gasteiger charge is -2.14. The predicted octanol–water partition coefficient (Wildman–Crippen LogP) is 2.91. The van der Waals surface area contributed by atoms with Gasteiger partial charge in [-0.2, -0.15) is 10.2 Å². The number of H-pyrrole nitrogens is 1. The molecule has 2 fully saturated rings. The van der Waals surface area contributed by atoms with Crippen LogP contribution in [0.4, 0.5) is 16.4 Å². The normalized spacial score (nSPS) is 22.1. The monoisotopic (exact) mass is 424 g/mol. The fraction of sp³-hybridized carbons (Fsp3) is 0.524. The molecule has 2 aliphatic rings. The van der Waals surface area contributed by atoms with Gasteiger partial charge in [0.15, 0.2) is 11.6 Å². The molecule has 0 spiro atoms. The third-order valence-electron chi connectivity index (χ3n) is 6.04. The van der Waals surface area contributed by atoms with Crippen LogP contribution in [0.15, 0.2) is 24.5 Å². The van der Waals surface area contributed by atoms with E-state index in [2.05, 4.69) is 30.9 Å². The van der Waals surface area contributed by atoms with Crippen molar-refractivity contribution in [3.05, 3.63) is 35.9 Å². The summed E-state index contributed by atoms with van der Waals surface area (Å²) >= 11 is 0. The summed E-state index contributed by atoms with van der Waals surface area (Å²) in [7, 11) is 0. The first-order valence-corrected chi connectivity index (χ1v) is 10.8. The summed E-state index contributed by atoms with van der Waals surface area (Å²) in [6, 6.07) is 4.06. The molecule has 0 bridgehead atoms. The quantitative estimate of drug-likeness (QED) is 0.478. The van der Waals surface area contributed by atoms with Gasteiger partial charge in [-0.1, -0.05) is 0 Å². The third kappa shape index (κ3) is 4.07. The molecule has 0 aliphatic heterocycles. The van der Waals surface area contributed by atoms with Crippen LogP contribution >= 0.6 is 0 Å². The number of amides is 1. The molecule has 5 N–H and O–H groups in total. The van der Waals surface area contributed by atoms with E-state index < -0.39 is 0 Å². The number of alkyl carbamates (subject to hydrolysis) is 1. The molecule has 2 aliphatic carbocycles. The molecular weight excluding hydrogens is 396 g/mol. The molecular formula is C21H28N8O2. The van der Waals surface area contributed by atoms with Crippen molar-refractivity contribution in [2.45, 2.75) is 69.6 Å². The zero-order valence-electron chi connectivity index (χ0n) is 17.8. The minimum Gasteiger partial charge on any atom is -0.446 e. The van der Waals surface area contributed by atoms with Crippen LogP contribution in [0, 0.1) is 0 Å². The van der Waals surface area contributed by atoms with E-state index in [4.69, 9.17) is 10.5 Å². The Bertz CT molecular complexity index is 1100.